The third-order valence-electron chi connectivity index (χ3n) is 2.76. The van der Waals surface area contributed by atoms with Gasteiger partial charge in [0.15, 0.2) is 0 Å². The van der Waals surface area contributed by atoms with Crippen LogP contribution in [0.3, 0.4) is 0 Å². The molecule has 1 unspecified atom stereocenters. The first-order chi connectivity index (χ1) is 7.17. The van der Waals surface area contributed by atoms with Gasteiger partial charge >= 0.3 is 0 Å². The summed E-state index contributed by atoms with van der Waals surface area (Å²) < 4.78 is 0. The zero-order valence-corrected chi connectivity index (χ0v) is 11.0. The van der Waals surface area contributed by atoms with E-state index in [-0.39, 0.29) is 0 Å². The molecule has 1 heterocycles. The van der Waals surface area contributed by atoms with Crippen molar-refractivity contribution in [1.29, 1.82) is 0 Å². The Kier molecular flexibility index (Phi) is 5.26. The van der Waals surface area contributed by atoms with Crippen molar-refractivity contribution in [3.05, 3.63) is 16.1 Å². The van der Waals surface area contributed by atoms with Crippen molar-refractivity contribution >= 4 is 11.3 Å². The summed E-state index contributed by atoms with van der Waals surface area (Å²) in [6, 6.07) is 0.661. The van der Waals surface area contributed by atoms with E-state index < -0.39 is 0 Å². The number of nitrogens with one attached hydrogen (secondary N) is 1. The van der Waals surface area contributed by atoms with Crippen molar-refractivity contribution in [3.63, 3.8) is 0 Å². The van der Waals surface area contributed by atoms with Gasteiger partial charge in [0.2, 0.25) is 0 Å². The minimum atomic E-state index is 0.532. The molecule has 1 atom stereocenters. The van der Waals surface area contributed by atoms with Gasteiger partial charge in [-0.1, -0.05) is 20.8 Å². The lowest BCUT2D eigenvalue weighted by Gasteiger charge is -2.17. The van der Waals surface area contributed by atoms with Gasteiger partial charge in [-0.15, -0.1) is 11.3 Å². The van der Waals surface area contributed by atoms with Crippen molar-refractivity contribution in [1.82, 2.24) is 10.3 Å². The van der Waals surface area contributed by atoms with Crippen molar-refractivity contribution in [2.45, 2.75) is 52.5 Å². The maximum atomic E-state index is 4.52. The quantitative estimate of drug-likeness (QED) is 0.805. The summed E-state index contributed by atoms with van der Waals surface area (Å²) in [6.45, 7) is 9.81. The molecule has 1 N–H and O–H groups in total. The van der Waals surface area contributed by atoms with Crippen LogP contribution in [-0.2, 0) is 0 Å². The van der Waals surface area contributed by atoms with Gasteiger partial charge in [0.05, 0.1) is 5.01 Å². The van der Waals surface area contributed by atoms with E-state index in [0.29, 0.717) is 12.0 Å². The third-order valence-corrected chi connectivity index (χ3v) is 3.95. The molecule has 0 saturated heterocycles. The molecule has 1 rings (SSSR count). The predicted molar refractivity (Wildman–Crippen MR) is 67.6 cm³/mol. The van der Waals surface area contributed by atoms with Crippen LogP contribution in [0.15, 0.2) is 5.38 Å². The molecule has 0 aliphatic rings. The summed E-state index contributed by atoms with van der Waals surface area (Å²) in [6.07, 6.45) is 2.42. The number of thiazole rings is 1. The van der Waals surface area contributed by atoms with Gasteiger partial charge in [0, 0.05) is 29.6 Å². The second-order valence-corrected chi connectivity index (χ2v) is 5.04. The molecule has 1 aromatic heterocycles. The fourth-order valence-electron chi connectivity index (χ4n) is 1.61. The molecule has 86 valence electrons. The lowest BCUT2D eigenvalue weighted by molar-refractivity contribution is 0.466. The average molecular weight is 226 g/mol. The molecule has 1 aromatic rings. The van der Waals surface area contributed by atoms with Gasteiger partial charge in [-0.05, 0) is 19.8 Å². The molecule has 0 aromatic carbocycles. The van der Waals surface area contributed by atoms with E-state index in [1.807, 2.05) is 0 Å². The average Bonchev–Trinajstić information content (AvgIpc) is 2.66. The van der Waals surface area contributed by atoms with Crippen LogP contribution in [0.5, 0.6) is 0 Å². The molecular weight excluding hydrogens is 204 g/mol. The fraction of sp³-hybridized carbons (Fsp3) is 0.750. The number of aryl methyl sites for hydroxylation is 1. The number of aromatic nitrogens is 1. The number of nitrogens with zero attached hydrogens (tertiary/aromatic N) is 1. The van der Waals surface area contributed by atoms with Gasteiger partial charge in [0.25, 0.3) is 0 Å². The highest BCUT2D eigenvalue weighted by molar-refractivity contribution is 7.09. The maximum Gasteiger partial charge on any atom is 0.0969 e. The Bertz CT molecular complexity index is 279. The molecule has 3 heteroatoms. The lowest BCUT2D eigenvalue weighted by Crippen LogP contribution is -2.30. The molecule has 0 radical (unpaired) electrons. The van der Waals surface area contributed by atoms with Crippen LogP contribution in [0, 0.1) is 6.92 Å². The Morgan fingerprint density at radius 2 is 2.07 bits per heavy atom. The van der Waals surface area contributed by atoms with Crippen molar-refractivity contribution < 1.29 is 0 Å². The largest absolute Gasteiger partial charge is 0.313 e. The molecule has 0 bridgehead atoms. The summed E-state index contributed by atoms with van der Waals surface area (Å²) in [7, 11) is 0. The van der Waals surface area contributed by atoms with Crippen LogP contribution >= 0.6 is 11.3 Å². The Hall–Kier alpha value is -0.410. The number of hydrogen-bond acceptors (Lipinski definition) is 3. The van der Waals surface area contributed by atoms with E-state index in [4.69, 9.17) is 0 Å². The topological polar surface area (TPSA) is 24.9 Å². The third kappa shape index (κ3) is 3.92. The Morgan fingerprint density at radius 3 is 2.53 bits per heavy atom. The Balaban J connectivity index is 2.39. The molecule has 0 aliphatic heterocycles. The minimum absolute atomic E-state index is 0.532. The smallest absolute Gasteiger partial charge is 0.0969 e. The molecule has 0 saturated carbocycles. The highest BCUT2D eigenvalue weighted by Crippen LogP contribution is 2.19. The van der Waals surface area contributed by atoms with Gasteiger partial charge in [-0.25, -0.2) is 4.98 Å². The standard InChI is InChI=1S/C12H22N2S/c1-5-11(6-2)13-7-9(3)12-14-10(4)8-15-12/h8-9,11,13H,5-7H2,1-4H3. The SMILES string of the molecule is CCC(CC)NCC(C)c1nc(C)cs1. The van der Waals surface area contributed by atoms with E-state index in [0.717, 1.165) is 12.2 Å². The van der Waals surface area contributed by atoms with E-state index in [1.165, 1.54) is 17.8 Å². The first-order valence-corrected chi connectivity index (χ1v) is 6.70. The highest BCUT2D eigenvalue weighted by atomic mass is 32.1. The van der Waals surface area contributed by atoms with Crippen molar-refractivity contribution in [3.8, 4) is 0 Å². The highest BCUT2D eigenvalue weighted by Gasteiger charge is 2.11. The number of hydrogen-bond donors (Lipinski definition) is 1. The van der Waals surface area contributed by atoms with Crippen LogP contribution in [0.25, 0.3) is 0 Å². The van der Waals surface area contributed by atoms with Crippen LogP contribution in [0.1, 0.15) is 50.2 Å². The van der Waals surface area contributed by atoms with E-state index in [2.05, 4.69) is 43.4 Å². The van der Waals surface area contributed by atoms with E-state index >= 15 is 0 Å². The monoisotopic (exact) mass is 226 g/mol. The summed E-state index contributed by atoms with van der Waals surface area (Å²) in [4.78, 5) is 4.52. The van der Waals surface area contributed by atoms with Gasteiger partial charge in [0.1, 0.15) is 0 Å². The molecule has 0 amide bonds. The van der Waals surface area contributed by atoms with Gasteiger partial charge in [-0.3, -0.25) is 0 Å². The summed E-state index contributed by atoms with van der Waals surface area (Å²) in [5.74, 6) is 0.532. The maximum absolute atomic E-state index is 4.52. The first kappa shape index (κ1) is 12.7. The summed E-state index contributed by atoms with van der Waals surface area (Å²) >= 11 is 1.77. The van der Waals surface area contributed by atoms with Gasteiger partial charge in [-0.2, -0.15) is 0 Å². The Morgan fingerprint density at radius 1 is 1.40 bits per heavy atom. The Labute approximate surface area is 97.1 Å². The first-order valence-electron chi connectivity index (χ1n) is 5.82. The van der Waals surface area contributed by atoms with Crippen LogP contribution in [-0.4, -0.2) is 17.6 Å². The second kappa shape index (κ2) is 6.23. The molecule has 2 nitrogen and oxygen atoms in total. The normalized spacial score (nSPS) is 13.4. The second-order valence-electron chi connectivity index (χ2n) is 4.15. The summed E-state index contributed by atoms with van der Waals surface area (Å²) in [5.41, 5.74) is 1.14. The minimum Gasteiger partial charge on any atom is -0.313 e. The zero-order chi connectivity index (χ0) is 11.3. The van der Waals surface area contributed by atoms with Crippen molar-refractivity contribution in [2.24, 2.45) is 0 Å². The predicted octanol–water partition coefficient (Wildman–Crippen LogP) is 3.33. The van der Waals surface area contributed by atoms with E-state index in [1.54, 1.807) is 11.3 Å². The molecule has 15 heavy (non-hydrogen) atoms. The fourth-order valence-corrected chi connectivity index (χ4v) is 2.46. The molecule has 0 fully saturated rings. The molecule has 0 aliphatic carbocycles. The van der Waals surface area contributed by atoms with Crippen LogP contribution in [0.4, 0.5) is 0 Å². The number of rotatable bonds is 6. The van der Waals surface area contributed by atoms with E-state index in [9.17, 15) is 0 Å². The van der Waals surface area contributed by atoms with Gasteiger partial charge < -0.3 is 5.32 Å². The van der Waals surface area contributed by atoms with Crippen molar-refractivity contribution in [2.75, 3.05) is 6.54 Å². The van der Waals surface area contributed by atoms with Crippen LogP contribution in [0.2, 0.25) is 0 Å². The summed E-state index contributed by atoms with van der Waals surface area (Å²) in [5, 5.41) is 6.98. The molecule has 0 spiro atoms. The van der Waals surface area contributed by atoms with Crippen LogP contribution < -0.4 is 5.32 Å². The molecular formula is C12H22N2S. The lowest BCUT2D eigenvalue weighted by atomic mass is 10.1. The zero-order valence-electron chi connectivity index (χ0n) is 10.2.